The van der Waals surface area contributed by atoms with E-state index in [1.165, 1.54) is 4.68 Å². The lowest BCUT2D eigenvalue weighted by molar-refractivity contribution is 0.0236. The van der Waals surface area contributed by atoms with E-state index in [0.717, 1.165) is 0 Å². The summed E-state index contributed by atoms with van der Waals surface area (Å²) < 4.78 is 18.5. The number of hydrogen-bond donors (Lipinski definition) is 0. The highest BCUT2D eigenvalue weighted by Gasteiger charge is 2.29. The van der Waals surface area contributed by atoms with Gasteiger partial charge in [0.05, 0.1) is 25.1 Å². The van der Waals surface area contributed by atoms with E-state index in [4.69, 9.17) is 25.8 Å². The Morgan fingerprint density at radius 2 is 1.85 bits per heavy atom. The summed E-state index contributed by atoms with van der Waals surface area (Å²) in [5.41, 5.74) is 0.295. The smallest absolute Gasteiger partial charge is 0.410 e. The fourth-order valence-electron chi connectivity index (χ4n) is 3.97. The summed E-state index contributed by atoms with van der Waals surface area (Å²) in [4.78, 5) is 29.7. The number of ether oxygens (including phenoxy) is 3. The quantitative estimate of drug-likeness (QED) is 0.648. The van der Waals surface area contributed by atoms with E-state index in [1.807, 2.05) is 25.7 Å². The molecule has 3 heterocycles. The fourth-order valence-corrected chi connectivity index (χ4v) is 4.16. The number of nitrogens with zero attached hydrogens (tertiary/aromatic N) is 4. The molecule has 0 unspecified atom stereocenters. The first kappa shape index (κ1) is 24.3. The highest BCUT2D eigenvalue weighted by atomic mass is 35.5. The lowest BCUT2D eigenvalue weighted by Crippen LogP contribution is -2.50. The molecule has 0 radical (unpaired) electrons. The number of anilines is 1. The third-order valence-corrected chi connectivity index (χ3v) is 5.93. The maximum Gasteiger partial charge on any atom is 0.410 e. The van der Waals surface area contributed by atoms with E-state index in [1.54, 1.807) is 35.4 Å². The zero-order valence-electron chi connectivity index (χ0n) is 19.8. The molecule has 10 heteroatoms. The van der Waals surface area contributed by atoms with Crippen LogP contribution in [-0.4, -0.2) is 71.9 Å². The molecule has 0 bridgehead atoms. The predicted molar refractivity (Wildman–Crippen MR) is 129 cm³/mol. The van der Waals surface area contributed by atoms with E-state index in [2.05, 4.69) is 5.10 Å². The first-order valence-corrected chi connectivity index (χ1v) is 11.9. The Morgan fingerprint density at radius 3 is 2.50 bits per heavy atom. The highest BCUT2D eigenvalue weighted by molar-refractivity contribution is 6.30. The number of amides is 1. The number of piperazine rings is 1. The zero-order valence-corrected chi connectivity index (χ0v) is 20.6. The zero-order chi connectivity index (χ0) is 24.3. The van der Waals surface area contributed by atoms with Crippen LogP contribution >= 0.6 is 11.6 Å². The van der Waals surface area contributed by atoms with Crippen molar-refractivity contribution < 1.29 is 19.0 Å². The maximum absolute atomic E-state index is 13.5. The van der Waals surface area contributed by atoms with Crippen molar-refractivity contribution in [2.75, 3.05) is 44.3 Å². The summed E-state index contributed by atoms with van der Waals surface area (Å²) in [6.45, 7) is 8.76. The average molecular weight is 491 g/mol. The molecular formula is C24H31ClN4O5. The molecule has 0 aliphatic carbocycles. The third kappa shape index (κ3) is 5.82. The summed E-state index contributed by atoms with van der Waals surface area (Å²) in [6.07, 6.45) is 2.63. The number of halogens is 1. The molecule has 2 fully saturated rings. The van der Waals surface area contributed by atoms with Crippen molar-refractivity contribution in [2.45, 2.75) is 45.3 Å². The summed E-state index contributed by atoms with van der Waals surface area (Å²) in [6, 6.07) is 6.98. The van der Waals surface area contributed by atoms with Crippen molar-refractivity contribution in [2.24, 2.45) is 0 Å². The van der Waals surface area contributed by atoms with Crippen LogP contribution in [0.5, 0.6) is 5.75 Å². The lowest BCUT2D eigenvalue weighted by Gasteiger charge is -2.37. The predicted octanol–water partition coefficient (Wildman–Crippen LogP) is 3.50. The SMILES string of the molecule is CC(C)(C)OC(=O)N1CCN(c2cnn(-c3cccc(Cl)c3)c(=O)c2OC2CCOCC2)CC1. The molecule has 1 aromatic heterocycles. The third-order valence-electron chi connectivity index (χ3n) is 5.69. The molecule has 1 amide bonds. The molecule has 34 heavy (non-hydrogen) atoms. The molecule has 2 aromatic rings. The van der Waals surface area contributed by atoms with Crippen molar-refractivity contribution in [3.63, 3.8) is 0 Å². The Morgan fingerprint density at radius 1 is 1.15 bits per heavy atom. The van der Waals surface area contributed by atoms with Gasteiger partial charge in [0.1, 0.15) is 17.4 Å². The van der Waals surface area contributed by atoms with E-state index in [-0.39, 0.29) is 23.5 Å². The van der Waals surface area contributed by atoms with Gasteiger partial charge in [0.25, 0.3) is 0 Å². The van der Waals surface area contributed by atoms with E-state index >= 15 is 0 Å². The van der Waals surface area contributed by atoms with Gasteiger partial charge in [0, 0.05) is 44.0 Å². The van der Waals surface area contributed by atoms with E-state index in [9.17, 15) is 9.59 Å². The molecule has 1 aromatic carbocycles. The van der Waals surface area contributed by atoms with Gasteiger partial charge >= 0.3 is 11.7 Å². The van der Waals surface area contributed by atoms with Gasteiger partial charge in [-0.2, -0.15) is 9.78 Å². The van der Waals surface area contributed by atoms with Gasteiger partial charge in [0.2, 0.25) is 5.75 Å². The standard InChI is InChI=1S/C24H31ClN4O5/c1-24(2,3)34-23(31)28-11-9-27(10-12-28)20-16-26-29(18-6-4-5-17(25)15-18)22(30)21(20)33-19-7-13-32-14-8-19/h4-6,15-16,19H,7-14H2,1-3H3. The number of aromatic nitrogens is 2. The van der Waals surface area contributed by atoms with Crippen molar-refractivity contribution in [1.29, 1.82) is 0 Å². The van der Waals surface area contributed by atoms with E-state index in [0.29, 0.717) is 68.6 Å². The second kappa shape index (κ2) is 10.2. The fraction of sp³-hybridized carbons (Fsp3) is 0.542. The molecule has 2 saturated heterocycles. The molecular weight excluding hydrogens is 460 g/mol. The molecule has 0 saturated carbocycles. The summed E-state index contributed by atoms with van der Waals surface area (Å²) in [5.74, 6) is 0.257. The van der Waals surface area contributed by atoms with Gasteiger partial charge in [-0.1, -0.05) is 17.7 Å². The number of carbonyl (C=O) groups excluding carboxylic acids is 1. The molecule has 0 N–H and O–H groups in total. The van der Waals surface area contributed by atoms with Gasteiger partial charge in [-0.05, 0) is 39.0 Å². The van der Waals surface area contributed by atoms with Crippen LogP contribution in [0.3, 0.4) is 0 Å². The van der Waals surface area contributed by atoms with Crippen LogP contribution in [0.4, 0.5) is 10.5 Å². The first-order chi connectivity index (χ1) is 16.2. The van der Waals surface area contributed by atoms with Crippen molar-refractivity contribution in [3.8, 4) is 11.4 Å². The van der Waals surface area contributed by atoms with Gasteiger partial charge in [-0.3, -0.25) is 4.79 Å². The molecule has 2 aliphatic rings. The van der Waals surface area contributed by atoms with E-state index < -0.39 is 5.60 Å². The van der Waals surface area contributed by atoms with Crippen LogP contribution in [0.1, 0.15) is 33.6 Å². The van der Waals surface area contributed by atoms with Crippen LogP contribution in [0.2, 0.25) is 5.02 Å². The van der Waals surface area contributed by atoms with Crippen molar-refractivity contribution >= 4 is 23.4 Å². The minimum absolute atomic E-state index is 0.113. The van der Waals surface area contributed by atoms with Crippen LogP contribution in [0.25, 0.3) is 5.69 Å². The Bertz CT molecular complexity index is 1070. The van der Waals surface area contributed by atoms with Crippen LogP contribution in [-0.2, 0) is 9.47 Å². The molecule has 0 spiro atoms. The molecule has 0 atom stereocenters. The second-order valence-corrected chi connectivity index (χ2v) is 9.88. The monoisotopic (exact) mass is 490 g/mol. The van der Waals surface area contributed by atoms with Crippen molar-refractivity contribution in [1.82, 2.24) is 14.7 Å². The van der Waals surface area contributed by atoms with Gasteiger partial charge in [-0.25, -0.2) is 4.79 Å². The van der Waals surface area contributed by atoms with Crippen LogP contribution < -0.4 is 15.2 Å². The van der Waals surface area contributed by atoms with Gasteiger partial charge in [0.15, 0.2) is 0 Å². The van der Waals surface area contributed by atoms with Crippen LogP contribution in [0, 0.1) is 0 Å². The minimum atomic E-state index is -0.548. The summed E-state index contributed by atoms with van der Waals surface area (Å²) >= 11 is 6.14. The number of carbonyl (C=O) groups is 1. The first-order valence-electron chi connectivity index (χ1n) is 11.6. The van der Waals surface area contributed by atoms with Crippen LogP contribution in [0.15, 0.2) is 35.3 Å². The topological polar surface area (TPSA) is 86.1 Å². The Balaban J connectivity index is 1.59. The minimum Gasteiger partial charge on any atom is -0.483 e. The Hall–Kier alpha value is -2.78. The largest absolute Gasteiger partial charge is 0.483 e. The number of benzene rings is 1. The van der Waals surface area contributed by atoms with Gasteiger partial charge in [-0.15, -0.1) is 0 Å². The average Bonchev–Trinajstić information content (AvgIpc) is 2.80. The lowest BCUT2D eigenvalue weighted by atomic mass is 10.1. The normalized spacial score (nSPS) is 17.5. The van der Waals surface area contributed by atoms with Gasteiger partial charge < -0.3 is 24.0 Å². The Labute approximate surface area is 204 Å². The van der Waals surface area contributed by atoms with Crippen molar-refractivity contribution in [3.05, 3.63) is 45.8 Å². The number of hydrogen-bond acceptors (Lipinski definition) is 7. The molecule has 184 valence electrons. The maximum atomic E-state index is 13.5. The highest BCUT2D eigenvalue weighted by Crippen LogP contribution is 2.28. The Kier molecular flexibility index (Phi) is 7.33. The summed E-state index contributed by atoms with van der Waals surface area (Å²) in [5, 5.41) is 4.93. The molecule has 2 aliphatic heterocycles. The number of rotatable bonds is 4. The molecule has 9 nitrogen and oxygen atoms in total. The molecule has 4 rings (SSSR count). The summed E-state index contributed by atoms with van der Waals surface area (Å²) in [7, 11) is 0. The second-order valence-electron chi connectivity index (χ2n) is 9.44.